The van der Waals surface area contributed by atoms with Crippen LogP contribution in [0.2, 0.25) is 0 Å². The molecule has 0 spiro atoms. The predicted molar refractivity (Wildman–Crippen MR) is 177 cm³/mol. The Morgan fingerprint density at radius 1 is 0.622 bits per heavy atom. The van der Waals surface area contributed by atoms with Crippen LogP contribution in [-0.4, -0.2) is 50.3 Å². The zero-order valence-electron chi connectivity index (χ0n) is 24.8. The van der Waals surface area contributed by atoms with Crippen molar-refractivity contribution in [2.24, 2.45) is 0 Å². The molecule has 2 N–H and O–H groups in total. The summed E-state index contributed by atoms with van der Waals surface area (Å²) in [5.41, 5.74) is 7.29. The van der Waals surface area contributed by atoms with E-state index in [0.29, 0.717) is 11.1 Å². The van der Waals surface area contributed by atoms with Crippen molar-refractivity contribution in [2.45, 2.75) is 22.9 Å². The summed E-state index contributed by atoms with van der Waals surface area (Å²) >= 11 is 0. The highest BCUT2D eigenvalue weighted by molar-refractivity contribution is 7.86. The maximum Gasteiger partial charge on any atom is 0.294 e. The maximum atomic E-state index is 11.8. The molecule has 4 aromatic carbocycles. The fraction of sp³-hybridized carbons (Fsp3) is 0.114. The molecule has 0 unspecified atom stereocenters. The minimum Gasteiger partial charge on any atom is -0.363 e. The van der Waals surface area contributed by atoms with Crippen LogP contribution in [0.3, 0.4) is 0 Å². The number of hydrogen-bond donors (Lipinski definition) is 2. The average Bonchev–Trinajstić information content (AvgIpc) is 3.01. The van der Waals surface area contributed by atoms with Crippen molar-refractivity contribution in [2.75, 3.05) is 19.0 Å². The van der Waals surface area contributed by atoms with Gasteiger partial charge in [0.2, 0.25) is 0 Å². The molecule has 5 rings (SSSR count). The highest BCUT2D eigenvalue weighted by atomic mass is 32.2. The van der Waals surface area contributed by atoms with E-state index in [4.69, 9.17) is 0 Å². The first-order valence-corrected chi connectivity index (χ1v) is 16.9. The first-order chi connectivity index (χ1) is 21.4. The van der Waals surface area contributed by atoms with Crippen LogP contribution in [0.4, 0.5) is 5.69 Å². The third-order valence-corrected chi connectivity index (χ3v) is 9.09. The number of anilines is 1. The summed E-state index contributed by atoms with van der Waals surface area (Å²) in [6.07, 6.45) is 8.36. The lowest BCUT2D eigenvalue weighted by Gasteiger charge is -2.26. The van der Waals surface area contributed by atoms with Gasteiger partial charge < -0.3 is 4.90 Å². The van der Waals surface area contributed by atoms with Crippen molar-refractivity contribution in [3.63, 3.8) is 0 Å². The minimum atomic E-state index is -4.40. The number of benzene rings is 4. The summed E-state index contributed by atoms with van der Waals surface area (Å²) in [6.45, 7) is 0.500. The van der Waals surface area contributed by atoms with E-state index < -0.39 is 20.2 Å². The molecule has 0 saturated heterocycles. The van der Waals surface area contributed by atoms with Gasteiger partial charge in [0, 0.05) is 30.9 Å². The van der Waals surface area contributed by atoms with Gasteiger partial charge in [-0.25, -0.2) is 4.58 Å². The van der Waals surface area contributed by atoms with Gasteiger partial charge in [0.05, 0.1) is 9.79 Å². The van der Waals surface area contributed by atoms with Gasteiger partial charge in [-0.2, -0.15) is 16.8 Å². The molecular formula is C35H33N2O6S2+. The molecule has 0 aliphatic heterocycles. The summed E-state index contributed by atoms with van der Waals surface area (Å²) in [5, 5.41) is 0. The average molecular weight is 642 g/mol. The summed E-state index contributed by atoms with van der Waals surface area (Å²) in [7, 11) is -4.80. The molecule has 0 atom stereocenters. The van der Waals surface area contributed by atoms with Crippen LogP contribution in [-0.2, 0) is 33.3 Å². The van der Waals surface area contributed by atoms with E-state index in [2.05, 4.69) is 36.4 Å². The molecule has 1 aliphatic carbocycles. The molecule has 230 valence electrons. The van der Waals surface area contributed by atoms with Gasteiger partial charge in [0.25, 0.3) is 20.2 Å². The van der Waals surface area contributed by atoms with Gasteiger partial charge in [-0.1, -0.05) is 66.7 Å². The zero-order chi connectivity index (χ0) is 32.2. The number of rotatable bonds is 9. The van der Waals surface area contributed by atoms with Crippen molar-refractivity contribution in [1.29, 1.82) is 0 Å². The first-order valence-electron chi connectivity index (χ1n) is 14.1. The first kappa shape index (κ1) is 31.8. The Hall–Kier alpha value is -4.61. The van der Waals surface area contributed by atoms with E-state index in [0.717, 1.165) is 33.7 Å². The van der Waals surface area contributed by atoms with Crippen LogP contribution in [0.25, 0.3) is 5.57 Å². The molecule has 8 nitrogen and oxygen atoms in total. The largest absolute Gasteiger partial charge is 0.363 e. The van der Waals surface area contributed by atoms with E-state index in [9.17, 15) is 25.9 Å². The van der Waals surface area contributed by atoms with Crippen LogP contribution in [0.5, 0.6) is 0 Å². The fourth-order valence-corrected chi connectivity index (χ4v) is 6.26. The summed E-state index contributed by atoms with van der Waals surface area (Å²) in [4.78, 5) is 1.53. The standard InChI is InChI=1S/C35H32N2O6S2/c1-36(2)31-18-14-29(15-19-31)35(28-10-4-3-5-11-28)30-16-20-32(21-17-30)37(24-26-8-6-12-33(22-26)44(38,39)40)25-27-9-7-13-34(23-27)45(41,42)43/h3-23H,24-25H2,1-2H3,(H-,38,39,40,41,42,43)/p+1. The molecule has 4 aromatic rings. The molecular weight excluding hydrogens is 609 g/mol. The van der Waals surface area contributed by atoms with Crippen LogP contribution in [0, 0.1) is 0 Å². The number of nitrogens with zero attached hydrogens (tertiary/aromatic N) is 2. The van der Waals surface area contributed by atoms with Gasteiger partial charge in [0.1, 0.15) is 14.1 Å². The molecule has 0 heterocycles. The van der Waals surface area contributed by atoms with Crippen molar-refractivity contribution in [3.8, 4) is 0 Å². The lowest BCUT2D eigenvalue weighted by molar-refractivity contribution is -0.462. The van der Waals surface area contributed by atoms with E-state index >= 15 is 0 Å². The minimum absolute atomic E-state index is 0.217. The summed E-state index contributed by atoms with van der Waals surface area (Å²) in [5.74, 6) is 0. The van der Waals surface area contributed by atoms with Crippen LogP contribution in [0.15, 0.2) is 143 Å². The summed E-state index contributed by atoms with van der Waals surface area (Å²) < 4.78 is 68.5. The smallest absolute Gasteiger partial charge is 0.294 e. The molecule has 0 fully saturated rings. The van der Waals surface area contributed by atoms with Crippen LogP contribution in [0.1, 0.15) is 22.3 Å². The Balaban J connectivity index is 1.56. The Labute approximate surface area is 264 Å². The second-order valence-electron chi connectivity index (χ2n) is 10.8. The van der Waals surface area contributed by atoms with Crippen LogP contribution < -0.4 is 4.90 Å². The quantitative estimate of drug-likeness (QED) is 0.170. The number of allylic oxidation sites excluding steroid dienone is 5. The third-order valence-electron chi connectivity index (χ3n) is 7.40. The van der Waals surface area contributed by atoms with E-state index in [1.807, 2.05) is 66.0 Å². The van der Waals surface area contributed by atoms with Gasteiger partial charge in [-0.3, -0.25) is 9.11 Å². The Morgan fingerprint density at radius 2 is 1.11 bits per heavy atom. The topological polar surface area (TPSA) is 115 Å². The monoisotopic (exact) mass is 641 g/mol. The van der Waals surface area contributed by atoms with Crippen molar-refractivity contribution in [3.05, 3.63) is 155 Å². The van der Waals surface area contributed by atoms with Crippen molar-refractivity contribution < 1.29 is 30.5 Å². The molecule has 0 aromatic heterocycles. The molecule has 1 aliphatic rings. The SMILES string of the molecule is C[N+](C)=C1C=CC(=C(c2ccccc2)c2ccc(N(Cc3cccc(S(=O)(=O)O)c3)Cc3cccc(S(=O)(=O)O)c3)cc2)C=C1. The maximum absolute atomic E-state index is 11.8. The molecule has 0 saturated carbocycles. The zero-order valence-corrected chi connectivity index (χ0v) is 26.4. The Morgan fingerprint density at radius 3 is 1.58 bits per heavy atom. The number of hydrogen-bond acceptors (Lipinski definition) is 5. The van der Waals surface area contributed by atoms with Gasteiger partial charge in [-0.05, 0) is 82.0 Å². The highest BCUT2D eigenvalue weighted by Gasteiger charge is 2.17. The second kappa shape index (κ2) is 13.2. The lowest BCUT2D eigenvalue weighted by atomic mass is 9.90. The highest BCUT2D eigenvalue weighted by Crippen LogP contribution is 2.32. The van der Waals surface area contributed by atoms with Gasteiger partial charge in [0.15, 0.2) is 5.71 Å². The fourth-order valence-electron chi connectivity index (χ4n) is 5.16. The normalized spacial score (nSPS) is 13.2. The van der Waals surface area contributed by atoms with Crippen molar-refractivity contribution >= 4 is 37.2 Å². The van der Waals surface area contributed by atoms with E-state index in [1.54, 1.807) is 24.3 Å². The van der Waals surface area contributed by atoms with Crippen LogP contribution >= 0.6 is 0 Å². The van der Waals surface area contributed by atoms with Gasteiger partial charge in [-0.15, -0.1) is 0 Å². The van der Waals surface area contributed by atoms with E-state index in [-0.39, 0.29) is 22.9 Å². The molecule has 0 bridgehead atoms. The predicted octanol–water partition coefficient (Wildman–Crippen LogP) is 6.03. The van der Waals surface area contributed by atoms with Crippen molar-refractivity contribution in [1.82, 2.24) is 0 Å². The summed E-state index contributed by atoms with van der Waals surface area (Å²) in [6, 6.07) is 30.2. The van der Waals surface area contributed by atoms with Gasteiger partial charge >= 0.3 is 0 Å². The molecule has 45 heavy (non-hydrogen) atoms. The second-order valence-corrected chi connectivity index (χ2v) is 13.7. The third kappa shape index (κ3) is 7.92. The Kier molecular flexibility index (Phi) is 9.31. The molecule has 0 amide bonds. The Bertz CT molecular complexity index is 1960. The van der Waals surface area contributed by atoms with E-state index in [1.165, 1.54) is 24.3 Å². The lowest BCUT2D eigenvalue weighted by Crippen LogP contribution is -2.22. The molecule has 10 heteroatoms. The molecule has 0 radical (unpaired) electrons.